The highest BCUT2D eigenvalue weighted by atomic mass is 16.8. The van der Waals surface area contributed by atoms with Crippen molar-refractivity contribution in [2.24, 2.45) is 0 Å². The molecule has 0 aromatic heterocycles. The fraction of sp³-hybridized carbons (Fsp3) is 0.160. The minimum atomic E-state index is -3.13. The minimum Gasteiger partial charge on any atom is -0.504 e. The van der Waals surface area contributed by atoms with E-state index in [1.807, 2.05) is 0 Å². The molecule has 123 heavy (non-hydrogen) atoms. The molecule has 2 saturated heterocycles. The fourth-order valence-electron chi connectivity index (χ4n) is 13.2. The van der Waals surface area contributed by atoms with Gasteiger partial charge in [-0.3, -0.25) is 0 Å². The lowest BCUT2D eigenvalue weighted by Crippen LogP contribution is -2.63. The van der Waals surface area contributed by atoms with Crippen LogP contribution >= 0.6 is 0 Å². The van der Waals surface area contributed by atoms with E-state index in [4.69, 9.17) is 61.6 Å². The van der Waals surface area contributed by atoms with Gasteiger partial charge in [0.2, 0.25) is 58.4 Å². The number of rotatable bonds is 6. The Morgan fingerprint density at radius 3 is 0.943 bits per heavy atom. The van der Waals surface area contributed by atoms with Crippen LogP contribution in [0.3, 0.4) is 0 Å². The van der Waals surface area contributed by atoms with E-state index < -0.39 is 367 Å². The number of carbonyl (C=O) groups excluding carboxylic acids is 9. The van der Waals surface area contributed by atoms with Gasteiger partial charge in [-0.15, -0.1) is 0 Å². The van der Waals surface area contributed by atoms with Gasteiger partial charge >= 0.3 is 53.7 Å². The Balaban J connectivity index is 1.05. The number of aromatic hydroxyl groups is 25. The summed E-state index contributed by atoms with van der Waals surface area (Å²) in [6, 6.07) is 3.26. The van der Waals surface area contributed by atoms with E-state index in [2.05, 4.69) is 0 Å². The summed E-state index contributed by atoms with van der Waals surface area (Å²) in [5, 5.41) is 291. The van der Waals surface area contributed by atoms with Gasteiger partial charge in [0.1, 0.15) is 36.5 Å². The first-order valence-electron chi connectivity index (χ1n) is 34.2. The van der Waals surface area contributed by atoms with Gasteiger partial charge in [-0.05, 0) is 48.5 Å². The molecular weight excluding hydrogens is 1670 g/mol. The van der Waals surface area contributed by atoms with Gasteiger partial charge in [0.05, 0.1) is 38.9 Å². The molecule has 6 aliphatic heterocycles. The number of phenols is 25. The lowest BCUT2D eigenvalue weighted by Gasteiger charge is -2.43. The number of phenolic OH excluding ortho intramolecular Hbond substituents is 25. The topological polar surface area (TPSA) is 800 Å². The molecule has 0 amide bonds. The van der Waals surface area contributed by atoms with Crippen LogP contribution in [0.5, 0.6) is 167 Å². The third-order valence-electron chi connectivity index (χ3n) is 19.2. The second-order valence-corrected chi connectivity index (χ2v) is 26.7. The molecule has 10 unspecified atom stereocenters. The largest absolute Gasteiger partial charge is 0.504 e. The van der Waals surface area contributed by atoms with Crippen molar-refractivity contribution in [3.8, 4) is 189 Å². The lowest BCUT2D eigenvalue weighted by atomic mass is 9.91. The van der Waals surface area contributed by atoms with Crippen LogP contribution in [0.4, 0.5) is 0 Å². The number of carbonyl (C=O) groups is 9. The number of hydrogen-bond acceptors (Lipinski definition) is 48. The number of aliphatic hydroxyl groups is 1. The highest BCUT2D eigenvalue weighted by Gasteiger charge is 2.58. The molecule has 0 radical (unpaired) electrons. The molecular formula is C75H52O48. The van der Waals surface area contributed by atoms with Crippen LogP contribution in [0.25, 0.3) is 22.3 Å². The highest BCUT2D eigenvalue weighted by molar-refractivity contribution is 6.11. The molecule has 0 spiro atoms. The molecule has 6 heterocycles. The maximum Gasteiger partial charge on any atom is 0.344 e. The van der Waals surface area contributed by atoms with Gasteiger partial charge in [0.25, 0.3) is 0 Å². The van der Waals surface area contributed by atoms with E-state index in [0.29, 0.717) is 36.4 Å². The maximum absolute atomic E-state index is 15.9. The van der Waals surface area contributed by atoms with Gasteiger partial charge in [-0.25, -0.2) is 43.2 Å². The molecule has 2 fully saturated rings. The summed E-state index contributed by atoms with van der Waals surface area (Å²) in [5.41, 5.74) is -17.8. The van der Waals surface area contributed by atoms with E-state index in [1.54, 1.807) is 0 Å². The maximum atomic E-state index is 15.9. The second kappa shape index (κ2) is 30.3. The van der Waals surface area contributed by atoms with Crippen LogP contribution in [0, 0.1) is 0 Å². The molecule has 0 aliphatic carbocycles. The third-order valence-corrected chi connectivity index (χ3v) is 19.2. The molecule has 0 saturated carbocycles. The zero-order chi connectivity index (χ0) is 89.3. The lowest BCUT2D eigenvalue weighted by molar-refractivity contribution is -0.284. The molecule has 10 atom stereocenters. The molecule has 640 valence electrons. The predicted octanol–water partition coefficient (Wildman–Crippen LogP) is 3.15. The number of fused-ring (bicyclic) bond motifs is 8. The number of aliphatic hydroxyl groups excluding tert-OH is 1. The number of ether oxygens (including phenoxy) is 13. The second-order valence-electron chi connectivity index (χ2n) is 26.7. The Morgan fingerprint density at radius 1 is 0.276 bits per heavy atom. The SMILES string of the molecule is O=C(OC1C2OC(=O)c3cc(O)c(O)c(O)c3Oc3cc4c(c(O)c3O)-c3c(cc(O)c(O)c3O)C(=O)OC3C(COC4=O)OC(O)C(OC(=O)c4cc(O)c(O)c(O)c4Oc4cc5c(c(O)c4O)-c4c(cc(O)c(O)c4O)C(=O)OCC(O2)C(OC5=O)C1OC(=O)c1cc(O)c(O)c(O)c1)C3OC(=O)c1cc(O)c(O)c(O)c1)c1cc(O)c(O)c(O)c1. The molecule has 6 aliphatic rings. The Kier molecular flexibility index (Phi) is 20.3. The standard InChI is InChI=1S/C75H52O48/c76-24-1-15(2-25(77)42(24)86)65(101)119-61-59-36-13-111-69(105)20-11-34(49(93)53(97)40(20)39-19(70(106)117-59)8-31(83)46(90)52(39)96)113-58-23(10-33(85)48(92)56(58)100)73(109)123-75-64(122-67(103)17-5-28(80)44(88)29(81)6-17)62(120-66(102)16-3-26(78)43(87)27(79)4-16)60-37(116-75)14-112-68(104)18-7-30(82)45(89)51(95)38(18)41-21(71(107)118-60)12-35(50(94)54(41)98)114-57-22(9-32(84)47(91)55(57)99)72(108)121-63(61)74(110)115-36/h1-12,36-37,59-64,74-100,110H,13-14H2. The van der Waals surface area contributed by atoms with E-state index in [0.717, 1.165) is 0 Å². The van der Waals surface area contributed by atoms with E-state index >= 15 is 24.0 Å². The molecule has 48 heteroatoms. The quantitative estimate of drug-likeness (QED) is 0.0646. The zero-order valence-electron chi connectivity index (χ0n) is 60.2. The van der Waals surface area contributed by atoms with Crippen molar-refractivity contribution < 1.29 is 237 Å². The first-order valence-corrected chi connectivity index (χ1v) is 34.2. The fourth-order valence-corrected chi connectivity index (χ4v) is 13.2. The van der Waals surface area contributed by atoms with E-state index in [1.165, 1.54) is 0 Å². The molecule has 26 N–H and O–H groups in total. The summed E-state index contributed by atoms with van der Waals surface area (Å²) in [4.78, 5) is 136. The van der Waals surface area contributed by atoms with Crippen molar-refractivity contribution in [3.05, 3.63) is 123 Å². The third kappa shape index (κ3) is 14.0. The van der Waals surface area contributed by atoms with Crippen molar-refractivity contribution in [2.75, 3.05) is 13.2 Å². The van der Waals surface area contributed by atoms with Gasteiger partial charge in [-0.2, -0.15) is 0 Å². The summed E-state index contributed by atoms with van der Waals surface area (Å²) in [6.45, 7) is -3.22. The summed E-state index contributed by atoms with van der Waals surface area (Å²) >= 11 is 0. The first-order chi connectivity index (χ1) is 58.0. The zero-order valence-corrected chi connectivity index (χ0v) is 60.2. The van der Waals surface area contributed by atoms with Gasteiger partial charge < -0.3 is 194 Å². The Morgan fingerprint density at radius 2 is 0.553 bits per heavy atom. The minimum absolute atomic E-state index is 0.112. The summed E-state index contributed by atoms with van der Waals surface area (Å²) in [5.74, 6) is -64.6. The normalized spacial score (nSPS) is 20.5. The number of benzene rings is 9. The Bertz CT molecular complexity index is 6070. The summed E-state index contributed by atoms with van der Waals surface area (Å²) in [6.07, 6.45) is -28.9. The molecule has 10 bridgehead atoms. The number of esters is 9. The first kappa shape index (κ1) is 82.2. The monoisotopic (exact) mass is 1720 g/mol. The van der Waals surface area contributed by atoms with Crippen LogP contribution in [-0.4, -0.2) is 261 Å². The van der Waals surface area contributed by atoms with Gasteiger partial charge in [-0.1, -0.05) is 0 Å². The van der Waals surface area contributed by atoms with Crippen LogP contribution in [0.2, 0.25) is 0 Å². The summed E-state index contributed by atoms with van der Waals surface area (Å²) in [7, 11) is 0. The average molecular weight is 1720 g/mol. The van der Waals surface area contributed by atoms with Crippen molar-refractivity contribution in [3.63, 3.8) is 0 Å². The number of cyclic esters (lactones) is 1. The van der Waals surface area contributed by atoms with Gasteiger partial charge in [0, 0.05) is 46.5 Å². The van der Waals surface area contributed by atoms with Crippen LogP contribution in [-0.2, 0) is 52.1 Å². The van der Waals surface area contributed by atoms with Crippen LogP contribution < -0.4 is 9.47 Å². The predicted molar refractivity (Wildman–Crippen MR) is 378 cm³/mol. The molecule has 9 aromatic carbocycles. The Hall–Kier alpha value is -17.3. The van der Waals surface area contributed by atoms with Gasteiger partial charge in [0.15, 0.2) is 158 Å². The van der Waals surface area contributed by atoms with E-state index in [9.17, 15) is 152 Å². The molecule has 48 nitrogen and oxygen atoms in total. The Labute approximate surface area is 675 Å². The van der Waals surface area contributed by atoms with E-state index in [-0.39, 0.29) is 36.4 Å². The van der Waals surface area contributed by atoms with Crippen molar-refractivity contribution in [1.82, 2.24) is 0 Å². The van der Waals surface area contributed by atoms with Crippen molar-refractivity contribution >= 4 is 53.7 Å². The highest BCUT2D eigenvalue weighted by Crippen LogP contribution is 2.59. The average Bonchev–Trinajstić information content (AvgIpc) is 1.68. The smallest absolute Gasteiger partial charge is 0.344 e. The summed E-state index contributed by atoms with van der Waals surface area (Å²) < 4.78 is 74.3. The van der Waals surface area contributed by atoms with Crippen LogP contribution in [0.15, 0.2) is 72.8 Å². The molecule has 9 aromatic rings. The molecule has 15 rings (SSSR count). The number of hydrogen-bond donors (Lipinski definition) is 26. The van der Waals surface area contributed by atoms with Crippen molar-refractivity contribution in [2.45, 2.75) is 61.4 Å². The van der Waals surface area contributed by atoms with Crippen LogP contribution in [0.1, 0.15) is 93.2 Å². The van der Waals surface area contributed by atoms with Crippen molar-refractivity contribution in [1.29, 1.82) is 0 Å².